The Hall–Kier alpha value is -3.85. The number of alkyl halides is 3. The maximum Gasteiger partial charge on any atom is 0.417 e. The summed E-state index contributed by atoms with van der Waals surface area (Å²) in [4.78, 5) is 35.5. The van der Waals surface area contributed by atoms with E-state index >= 15 is 0 Å². The predicted molar refractivity (Wildman–Crippen MR) is 115 cm³/mol. The zero-order chi connectivity index (χ0) is 23.3. The summed E-state index contributed by atoms with van der Waals surface area (Å²) in [6, 6.07) is 14.4. The topological polar surface area (TPSA) is 87.3 Å². The smallest absolute Gasteiger partial charge is 0.322 e. The van der Waals surface area contributed by atoms with Crippen LogP contribution in [0.1, 0.15) is 26.3 Å². The number of urea groups is 1. The SMILES string of the molecule is O=Cc1cccc(NC(=O)c2cccc(NC(=O)Nc3ccc(Cl)c(C(F)(F)F)c3)c2)c1. The summed E-state index contributed by atoms with van der Waals surface area (Å²) in [6.07, 6.45) is -4.02. The van der Waals surface area contributed by atoms with Crippen LogP contribution >= 0.6 is 11.6 Å². The number of hydrogen-bond acceptors (Lipinski definition) is 3. The van der Waals surface area contributed by atoms with Gasteiger partial charge in [-0.2, -0.15) is 13.2 Å². The van der Waals surface area contributed by atoms with Crippen molar-refractivity contribution in [1.29, 1.82) is 0 Å². The summed E-state index contributed by atoms with van der Waals surface area (Å²) >= 11 is 5.57. The summed E-state index contributed by atoms with van der Waals surface area (Å²) in [5.74, 6) is -0.482. The highest BCUT2D eigenvalue weighted by atomic mass is 35.5. The first-order valence-electron chi connectivity index (χ1n) is 9.07. The zero-order valence-electron chi connectivity index (χ0n) is 16.2. The van der Waals surface area contributed by atoms with Crippen LogP contribution < -0.4 is 16.0 Å². The molecular formula is C22H15ClF3N3O3. The Morgan fingerprint density at radius 3 is 2.09 bits per heavy atom. The van der Waals surface area contributed by atoms with E-state index in [-0.39, 0.29) is 16.9 Å². The number of nitrogens with one attached hydrogen (secondary N) is 3. The van der Waals surface area contributed by atoms with Gasteiger partial charge in [0.25, 0.3) is 5.91 Å². The molecular weight excluding hydrogens is 447 g/mol. The second-order valence-electron chi connectivity index (χ2n) is 6.55. The molecule has 6 nitrogen and oxygen atoms in total. The Morgan fingerprint density at radius 1 is 0.812 bits per heavy atom. The minimum Gasteiger partial charge on any atom is -0.322 e. The fourth-order valence-corrected chi connectivity index (χ4v) is 2.97. The Kier molecular flexibility index (Phi) is 6.79. The van der Waals surface area contributed by atoms with E-state index in [1.807, 2.05) is 0 Å². The van der Waals surface area contributed by atoms with Crippen molar-refractivity contribution in [3.05, 3.63) is 88.4 Å². The number of carbonyl (C=O) groups is 3. The first-order valence-corrected chi connectivity index (χ1v) is 9.45. The second-order valence-corrected chi connectivity index (χ2v) is 6.96. The van der Waals surface area contributed by atoms with Crippen LogP contribution in [-0.2, 0) is 6.18 Å². The average Bonchev–Trinajstić information content (AvgIpc) is 2.74. The standard InChI is InChI=1S/C22H15ClF3N3O3/c23-19-8-7-17(11-18(19)22(24,25)26)29-21(32)28-16-6-2-4-14(10-16)20(31)27-15-5-1-3-13(9-15)12-30/h1-12H,(H,27,31)(H2,28,29,32). The van der Waals surface area contributed by atoms with Crippen LogP contribution in [0.3, 0.4) is 0 Å². The zero-order valence-corrected chi connectivity index (χ0v) is 16.9. The Morgan fingerprint density at radius 2 is 1.44 bits per heavy atom. The number of aldehydes is 1. The lowest BCUT2D eigenvalue weighted by molar-refractivity contribution is -0.137. The number of carbonyl (C=O) groups excluding carboxylic acids is 3. The van der Waals surface area contributed by atoms with Gasteiger partial charge in [0.2, 0.25) is 0 Å². The number of anilines is 3. The normalized spacial score (nSPS) is 10.9. The minimum atomic E-state index is -4.67. The van der Waals surface area contributed by atoms with Crippen molar-refractivity contribution in [1.82, 2.24) is 0 Å². The molecule has 0 aliphatic heterocycles. The van der Waals surface area contributed by atoms with Crippen molar-refractivity contribution < 1.29 is 27.6 Å². The van der Waals surface area contributed by atoms with Crippen molar-refractivity contribution in [3.8, 4) is 0 Å². The molecule has 0 radical (unpaired) electrons. The number of benzene rings is 3. The molecule has 0 unspecified atom stereocenters. The quantitative estimate of drug-likeness (QED) is 0.403. The lowest BCUT2D eigenvalue weighted by Crippen LogP contribution is -2.20. The number of hydrogen-bond donors (Lipinski definition) is 3. The molecule has 0 aromatic heterocycles. The van der Waals surface area contributed by atoms with Crippen LogP contribution in [0.2, 0.25) is 5.02 Å². The van der Waals surface area contributed by atoms with E-state index in [9.17, 15) is 27.6 Å². The maximum atomic E-state index is 13.0. The number of halogens is 4. The summed E-state index contributed by atoms with van der Waals surface area (Å²) in [5, 5.41) is 6.89. The van der Waals surface area contributed by atoms with Gasteiger partial charge in [-0.1, -0.05) is 29.8 Å². The first kappa shape index (κ1) is 22.8. The van der Waals surface area contributed by atoms with Gasteiger partial charge in [0, 0.05) is 28.2 Å². The van der Waals surface area contributed by atoms with Gasteiger partial charge in [-0.05, 0) is 48.5 Å². The number of rotatable bonds is 5. The van der Waals surface area contributed by atoms with E-state index in [4.69, 9.17) is 11.6 Å². The van der Waals surface area contributed by atoms with E-state index in [1.54, 1.807) is 18.2 Å². The monoisotopic (exact) mass is 461 g/mol. The summed E-state index contributed by atoms with van der Waals surface area (Å²) in [7, 11) is 0. The fourth-order valence-electron chi connectivity index (χ4n) is 2.74. The summed E-state index contributed by atoms with van der Waals surface area (Å²) in [6.45, 7) is 0. The van der Waals surface area contributed by atoms with Crippen molar-refractivity contribution in [3.63, 3.8) is 0 Å². The van der Waals surface area contributed by atoms with E-state index < -0.39 is 28.7 Å². The van der Waals surface area contributed by atoms with Crippen LogP contribution in [0.25, 0.3) is 0 Å². The molecule has 3 aromatic carbocycles. The Labute approximate surface area is 185 Å². The van der Waals surface area contributed by atoms with E-state index in [1.165, 1.54) is 36.4 Å². The highest BCUT2D eigenvalue weighted by molar-refractivity contribution is 6.31. The van der Waals surface area contributed by atoms with Crippen molar-refractivity contribution in [2.45, 2.75) is 6.18 Å². The summed E-state index contributed by atoms with van der Waals surface area (Å²) < 4.78 is 38.9. The molecule has 3 amide bonds. The van der Waals surface area contributed by atoms with Gasteiger partial charge in [-0.3, -0.25) is 9.59 Å². The van der Waals surface area contributed by atoms with Crippen LogP contribution in [0, 0.1) is 0 Å². The lowest BCUT2D eigenvalue weighted by Gasteiger charge is -2.13. The largest absolute Gasteiger partial charge is 0.417 e. The molecule has 164 valence electrons. The fraction of sp³-hybridized carbons (Fsp3) is 0.0455. The minimum absolute atomic E-state index is 0.108. The van der Waals surface area contributed by atoms with Crippen molar-refractivity contribution >= 4 is 46.9 Å². The van der Waals surface area contributed by atoms with Gasteiger partial charge < -0.3 is 16.0 Å². The molecule has 0 saturated heterocycles. The van der Waals surface area contributed by atoms with Crippen LogP contribution in [0.15, 0.2) is 66.7 Å². The highest BCUT2D eigenvalue weighted by Crippen LogP contribution is 2.36. The molecule has 10 heteroatoms. The molecule has 32 heavy (non-hydrogen) atoms. The molecule has 0 spiro atoms. The van der Waals surface area contributed by atoms with Gasteiger partial charge in [-0.15, -0.1) is 0 Å². The van der Waals surface area contributed by atoms with E-state index in [0.29, 0.717) is 17.5 Å². The molecule has 0 saturated carbocycles. The lowest BCUT2D eigenvalue weighted by atomic mass is 10.1. The third kappa shape index (κ3) is 5.86. The van der Waals surface area contributed by atoms with Crippen LogP contribution in [-0.4, -0.2) is 18.2 Å². The van der Waals surface area contributed by atoms with Crippen LogP contribution in [0.4, 0.5) is 35.0 Å². The molecule has 0 aliphatic rings. The molecule has 0 bridgehead atoms. The van der Waals surface area contributed by atoms with E-state index in [2.05, 4.69) is 16.0 Å². The maximum absolute atomic E-state index is 13.0. The Bertz CT molecular complexity index is 1180. The molecule has 0 aliphatic carbocycles. The van der Waals surface area contributed by atoms with E-state index in [0.717, 1.165) is 12.1 Å². The molecule has 3 rings (SSSR count). The predicted octanol–water partition coefficient (Wildman–Crippen LogP) is 6.07. The molecule has 3 aromatic rings. The highest BCUT2D eigenvalue weighted by Gasteiger charge is 2.33. The molecule has 3 N–H and O–H groups in total. The Balaban J connectivity index is 1.68. The van der Waals surface area contributed by atoms with Crippen molar-refractivity contribution in [2.75, 3.05) is 16.0 Å². The van der Waals surface area contributed by atoms with Gasteiger partial charge in [0.15, 0.2) is 0 Å². The third-order valence-electron chi connectivity index (χ3n) is 4.19. The molecule has 0 fully saturated rings. The molecule has 0 heterocycles. The van der Waals surface area contributed by atoms with Gasteiger partial charge in [0.05, 0.1) is 10.6 Å². The van der Waals surface area contributed by atoms with Gasteiger partial charge >= 0.3 is 12.2 Å². The third-order valence-corrected chi connectivity index (χ3v) is 4.52. The van der Waals surface area contributed by atoms with Crippen LogP contribution in [0.5, 0.6) is 0 Å². The van der Waals surface area contributed by atoms with Crippen molar-refractivity contribution in [2.24, 2.45) is 0 Å². The summed E-state index contributed by atoms with van der Waals surface area (Å²) in [5.41, 5.74) is 0.0779. The van der Waals surface area contributed by atoms with Gasteiger partial charge in [0.1, 0.15) is 6.29 Å². The number of amides is 3. The van der Waals surface area contributed by atoms with Gasteiger partial charge in [-0.25, -0.2) is 4.79 Å². The second kappa shape index (κ2) is 9.52. The average molecular weight is 462 g/mol. The first-order chi connectivity index (χ1) is 15.2. The molecule has 0 atom stereocenters.